The fourth-order valence-electron chi connectivity index (χ4n) is 3.91. The van der Waals surface area contributed by atoms with E-state index in [1.54, 1.807) is 7.11 Å². The number of nitrogens with zero attached hydrogens (tertiary/aromatic N) is 1. The minimum atomic E-state index is -0.439. The molecule has 4 heteroatoms. The van der Waals surface area contributed by atoms with Gasteiger partial charge in [0.2, 0.25) is 0 Å². The molecule has 0 amide bonds. The highest BCUT2D eigenvalue weighted by Crippen LogP contribution is 2.43. The largest absolute Gasteiger partial charge is 0.468 e. The molecule has 1 saturated heterocycles. The molecule has 0 bridgehead atoms. The van der Waals surface area contributed by atoms with Crippen LogP contribution < -0.4 is 5.32 Å². The standard InChI is InChI=1S/C17H30N2O2/c1-3-13-5-4-10-19(11-13)12-17(14-6-7-14,16(20)21-2)18-15-8-9-15/h13-15,18H,3-12H2,1-2H3. The molecule has 3 fully saturated rings. The monoisotopic (exact) mass is 294 g/mol. The summed E-state index contributed by atoms with van der Waals surface area (Å²) in [4.78, 5) is 15.1. The van der Waals surface area contributed by atoms with E-state index in [-0.39, 0.29) is 5.97 Å². The van der Waals surface area contributed by atoms with Gasteiger partial charge >= 0.3 is 5.97 Å². The molecule has 0 aromatic rings. The van der Waals surface area contributed by atoms with Crippen LogP contribution in [0.3, 0.4) is 0 Å². The van der Waals surface area contributed by atoms with E-state index in [1.807, 2.05) is 0 Å². The van der Waals surface area contributed by atoms with Gasteiger partial charge in [-0.1, -0.05) is 13.3 Å². The first kappa shape index (κ1) is 15.3. The van der Waals surface area contributed by atoms with Crippen molar-refractivity contribution in [3.8, 4) is 0 Å². The number of likely N-dealkylation sites (tertiary alicyclic amines) is 1. The van der Waals surface area contributed by atoms with E-state index >= 15 is 0 Å². The fraction of sp³-hybridized carbons (Fsp3) is 0.941. The molecule has 4 nitrogen and oxygen atoms in total. The number of carbonyl (C=O) groups excluding carboxylic acids is 1. The van der Waals surface area contributed by atoms with Gasteiger partial charge in [0.05, 0.1) is 7.11 Å². The third kappa shape index (κ3) is 3.42. The predicted molar refractivity (Wildman–Crippen MR) is 83.1 cm³/mol. The summed E-state index contributed by atoms with van der Waals surface area (Å²) in [5, 5.41) is 3.68. The zero-order valence-corrected chi connectivity index (χ0v) is 13.6. The van der Waals surface area contributed by atoms with Crippen LogP contribution in [0.4, 0.5) is 0 Å². The first-order valence-electron chi connectivity index (χ1n) is 8.76. The van der Waals surface area contributed by atoms with E-state index in [0.29, 0.717) is 12.0 Å². The van der Waals surface area contributed by atoms with E-state index in [2.05, 4.69) is 17.1 Å². The van der Waals surface area contributed by atoms with Gasteiger partial charge in [-0.25, -0.2) is 4.79 Å². The second-order valence-electron chi connectivity index (χ2n) is 7.31. The van der Waals surface area contributed by atoms with Crippen molar-refractivity contribution in [3.05, 3.63) is 0 Å². The SMILES string of the molecule is CCC1CCCN(CC(NC2CC2)(C(=O)OC)C2CC2)C1. The average molecular weight is 294 g/mol. The number of piperidine rings is 1. The van der Waals surface area contributed by atoms with Gasteiger partial charge in [-0.05, 0) is 56.9 Å². The molecule has 2 unspecified atom stereocenters. The molecule has 120 valence electrons. The first-order chi connectivity index (χ1) is 10.2. The van der Waals surface area contributed by atoms with Gasteiger partial charge in [-0.3, -0.25) is 5.32 Å². The molecule has 1 aliphatic heterocycles. The van der Waals surface area contributed by atoms with Crippen LogP contribution in [0.15, 0.2) is 0 Å². The summed E-state index contributed by atoms with van der Waals surface area (Å²) < 4.78 is 5.21. The minimum absolute atomic E-state index is 0.0319. The number of hydrogen-bond donors (Lipinski definition) is 1. The summed E-state index contributed by atoms with van der Waals surface area (Å²) in [5.41, 5.74) is -0.439. The highest BCUT2D eigenvalue weighted by molar-refractivity contribution is 5.82. The Morgan fingerprint density at radius 3 is 2.62 bits per heavy atom. The first-order valence-corrected chi connectivity index (χ1v) is 8.76. The Hall–Kier alpha value is -0.610. The van der Waals surface area contributed by atoms with Crippen molar-refractivity contribution in [1.29, 1.82) is 0 Å². The van der Waals surface area contributed by atoms with E-state index in [1.165, 1.54) is 44.9 Å². The van der Waals surface area contributed by atoms with Gasteiger partial charge in [-0.2, -0.15) is 0 Å². The van der Waals surface area contributed by atoms with Crippen molar-refractivity contribution in [2.45, 2.75) is 63.5 Å². The predicted octanol–water partition coefficient (Wildman–Crippen LogP) is 2.18. The van der Waals surface area contributed by atoms with Crippen LogP contribution in [-0.2, 0) is 9.53 Å². The summed E-state index contributed by atoms with van der Waals surface area (Å²) in [5.74, 6) is 1.25. The summed E-state index contributed by atoms with van der Waals surface area (Å²) in [6.07, 6.45) is 8.62. The Kier molecular flexibility index (Phi) is 4.55. The van der Waals surface area contributed by atoms with E-state index in [4.69, 9.17) is 4.74 Å². The van der Waals surface area contributed by atoms with E-state index in [0.717, 1.165) is 25.6 Å². The molecule has 0 radical (unpaired) electrons. The maximum absolute atomic E-state index is 12.6. The van der Waals surface area contributed by atoms with Crippen LogP contribution in [0.5, 0.6) is 0 Å². The van der Waals surface area contributed by atoms with Crippen molar-refractivity contribution >= 4 is 5.97 Å². The van der Waals surface area contributed by atoms with E-state index in [9.17, 15) is 4.79 Å². The number of methoxy groups -OCH3 is 1. The topological polar surface area (TPSA) is 41.6 Å². The molecule has 2 atom stereocenters. The summed E-state index contributed by atoms with van der Waals surface area (Å²) >= 11 is 0. The number of esters is 1. The van der Waals surface area contributed by atoms with Crippen molar-refractivity contribution in [2.24, 2.45) is 11.8 Å². The molecule has 1 heterocycles. The third-order valence-corrected chi connectivity index (χ3v) is 5.52. The summed E-state index contributed by atoms with van der Waals surface area (Å²) in [6.45, 7) is 5.41. The highest BCUT2D eigenvalue weighted by atomic mass is 16.5. The molecule has 2 saturated carbocycles. The average Bonchev–Trinajstić information content (AvgIpc) is 3.38. The van der Waals surface area contributed by atoms with Gasteiger partial charge in [0.1, 0.15) is 5.54 Å². The molecule has 0 aromatic carbocycles. The molecule has 3 rings (SSSR count). The van der Waals surface area contributed by atoms with Crippen LogP contribution in [0.25, 0.3) is 0 Å². The molecule has 2 aliphatic carbocycles. The third-order valence-electron chi connectivity index (χ3n) is 5.52. The van der Waals surface area contributed by atoms with E-state index < -0.39 is 5.54 Å². The van der Waals surface area contributed by atoms with Crippen LogP contribution in [0, 0.1) is 11.8 Å². The van der Waals surface area contributed by atoms with Gasteiger partial charge in [0, 0.05) is 19.1 Å². The number of ether oxygens (including phenoxy) is 1. The Morgan fingerprint density at radius 2 is 2.05 bits per heavy atom. The number of nitrogens with one attached hydrogen (secondary N) is 1. The number of hydrogen-bond acceptors (Lipinski definition) is 4. The molecular weight excluding hydrogens is 264 g/mol. The van der Waals surface area contributed by atoms with Crippen LogP contribution in [-0.4, -0.2) is 49.2 Å². The summed E-state index contributed by atoms with van der Waals surface area (Å²) in [6, 6.07) is 0.538. The van der Waals surface area contributed by atoms with Gasteiger partial charge in [-0.15, -0.1) is 0 Å². The lowest BCUT2D eigenvalue weighted by Crippen LogP contribution is -2.62. The van der Waals surface area contributed by atoms with Gasteiger partial charge < -0.3 is 9.64 Å². The molecule has 1 N–H and O–H groups in total. The van der Waals surface area contributed by atoms with Crippen molar-refractivity contribution in [2.75, 3.05) is 26.7 Å². The van der Waals surface area contributed by atoms with Gasteiger partial charge in [0.15, 0.2) is 0 Å². The lowest BCUT2D eigenvalue weighted by molar-refractivity contribution is -0.151. The van der Waals surface area contributed by atoms with Crippen LogP contribution in [0.1, 0.15) is 51.9 Å². The highest BCUT2D eigenvalue weighted by Gasteiger charge is 2.54. The zero-order chi connectivity index (χ0) is 14.9. The van der Waals surface area contributed by atoms with Crippen molar-refractivity contribution in [3.63, 3.8) is 0 Å². The Morgan fingerprint density at radius 1 is 1.29 bits per heavy atom. The normalized spacial score (nSPS) is 29.9. The maximum atomic E-state index is 12.6. The zero-order valence-electron chi connectivity index (χ0n) is 13.6. The van der Waals surface area contributed by atoms with Crippen LogP contribution in [0.2, 0.25) is 0 Å². The Balaban J connectivity index is 1.72. The molecular formula is C17H30N2O2. The number of rotatable bonds is 7. The Labute approximate surface area is 128 Å². The lowest BCUT2D eigenvalue weighted by Gasteiger charge is -2.40. The molecule has 0 aromatic heterocycles. The lowest BCUT2D eigenvalue weighted by atomic mass is 9.89. The second kappa shape index (κ2) is 6.25. The Bertz CT molecular complexity index is 379. The molecule has 21 heavy (non-hydrogen) atoms. The number of carbonyl (C=O) groups is 1. The quantitative estimate of drug-likeness (QED) is 0.731. The second-order valence-corrected chi connectivity index (χ2v) is 7.31. The summed E-state index contributed by atoms with van der Waals surface area (Å²) in [7, 11) is 1.54. The van der Waals surface area contributed by atoms with Gasteiger partial charge in [0.25, 0.3) is 0 Å². The van der Waals surface area contributed by atoms with Crippen molar-refractivity contribution in [1.82, 2.24) is 10.2 Å². The fourth-order valence-corrected chi connectivity index (χ4v) is 3.91. The minimum Gasteiger partial charge on any atom is -0.468 e. The van der Waals surface area contributed by atoms with Crippen molar-refractivity contribution < 1.29 is 9.53 Å². The van der Waals surface area contributed by atoms with Crippen LogP contribution >= 0.6 is 0 Å². The maximum Gasteiger partial charge on any atom is 0.327 e. The molecule has 3 aliphatic rings. The smallest absolute Gasteiger partial charge is 0.327 e. The molecule has 0 spiro atoms.